The van der Waals surface area contributed by atoms with Crippen molar-refractivity contribution < 1.29 is 14.3 Å². The summed E-state index contributed by atoms with van der Waals surface area (Å²) in [5.41, 5.74) is 0.982. The van der Waals surface area contributed by atoms with Crippen LogP contribution in [-0.2, 0) is 9.53 Å². The predicted octanol–water partition coefficient (Wildman–Crippen LogP) is 5.32. The Morgan fingerprint density at radius 3 is 2.37 bits per heavy atom. The van der Waals surface area contributed by atoms with Crippen molar-refractivity contribution in [1.82, 2.24) is 5.32 Å². The number of fused-ring (bicyclic) bond motifs is 1. The zero-order chi connectivity index (χ0) is 21.3. The van der Waals surface area contributed by atoms with Gasteiger partial charge in [0, 0.05) is 18.0 Å². The smallest absolute Gasteiger partial charge is 0.313 e. The number of esters is 1. The molecule has 3 aromatic rings. The fourth-order valence-corrected chi connectivity index (χ4v) is 3.48. The summed E-state index contributed by atoms with van der Waals surface area (Å²) in [6.07, 6.45) is 0.314. The molecule has 30 heavy (non-hydrogen) atoms. The van der Waals surface area contributed by atoms with E-state index in [0.717, 1.165) is 22.1 Å². The Hall–Kier alpha value is -2.85. The van der Waals surface area contributed by atoms with Crippen molar-refractivity contribution in [3.05, 3.63) is 78.4 Å². The Kier molecular flexibility index (Phi) is 7.86. The van der Waals surface area contributed by atoms with Crippen molar-refractivity contribution in [2.24, 2.45) is 0 Å². The number of nitrogens with one attached hydrogen (secondary N) is 1. The lowest BCUT2D eigenvalue weighted by Crippen LogP contribution is -2.39. The highest BCUT2D eigenvalue weighted by atomic mass is 16.6. The molecule has 1 N–H and O–H groups in total. The first-order chi connectivity index (χ1) is 14.6. The molecule has 0 aliphatic carbocycles. The van der Waals surface area contributed by atoms with Gasteiger partial charge in [-0.1, -0.05) is 87.5 Å². The number of ether oxygens (including phenoxy) is 2. The number of hydrogen-bond acceptors (Lipinski definition) is 4. The first kappa shape index (κ1) is 21.8. The van der Waals surface area contributed by atoms with Gasteiger partial charge in [0.25, 0.3) is 0 Å². The maximum absolute atomic E-state index is 12.9. The summed E-state index contributed by atoms with van der Waals surface area (Å²) in [5.74, 6) is 0.319. The average Bonchev–Trinajstić information content (AvgIpc) is 2.76. The molecule has 4 heteroatoms. The molecule has 3 rings (SSSR count). The molecule has 4 nitrogen and oxygen atoms in total. The topological polar surface area (TPSA) is 47.6 Å². The van der Waals surface area contributed by atoms with Crippen LogP contribution in [0.5, 0.6) is 5.75 Å². The van der Waals surface area contributed by atoms with E-state index in [1.165, 1.54) is 0 Å². The highest BCUT2D eigenvalue weighted by Gasteiger charge is 2.24. The molecular weight excluding hydrogens is 374 g/mol. The molecule has 0 spiro atoms. The monoisotopic (exact) mass is 405 g/mol. The molecule has 0 saturated carbocycles. The van der Waals surface area contributed by atoms with Gasteiger partial charge in [-0.3, -0.25) is 4.79 Å². The normalized spacial score (nSPS) is 13.2. The van der Waals surface area contributed by atoms with Gasteiger partial charge in [0.15, 0.2) is 0 Å². The van der Waals surface area contributed by atoms with Crippen molar-refractivity contribution >= 4 is 16.7 Å². The van der Waals surface area contributed by atoms with Crippen LogP contribution in [0.2, 0.25) is 0 Å². The Labute approximate surface area is 179 Å². The fourth-order valence-electron chi connectivity index (χ4n) is 3.48. The number of carbonyl (C=O) groups is 1. The molecule has 0 unspecified atom stereocenters. The van der Waals surface area contributed by atoms with E-state index >= 15 is 0 Å². The molecule has 0 amide bonds. The van der Waals surface area contributed by atoms with Crippen LogP contribution >= 0.6 is 0 Å². The van der Waals surface area contributed by atoms with Gasteiger partial charge in [0.05, 0.1) is 5.92 Å². The number of rotatable bonds is 10. The predicted molar refractivity (Wildman–Crippen MR) is 122 cm³/mol. The van der Waals surface area contributed by atoms with Gasteiger partial charge in [-0.25, -0.2) is 0 Å². The third-order valence-corrected chi connectivity index (χ3v) is 5.11. The molecule has 3 aromatic carbocycles. The van der Waals surface area contributed by atoms with E-state index in [1.807, 2.05) is 67.6 Å². The quantitative estimate of drug-likeness (QED) is 0.464. The van der Waals surface area contributed by atoms with Crippen LogP contribution in [0.1, 0.15) is 38.7 Å². The fraction of sp³-hybridized carbons (Fsp3) is 0.346. The molecule has 0 heterocycles. The van der Waals surface area contributed by atoms with Crippen LogP contribution in [0, 0.1) is 0 Å². The number of benzene rings is 3. The van der Waals surface area contributed by atoms with Crippen molar-refractivity contribution in [3.8, 4) is 5.75 Å². The molecule has 0 aromatic heterocycles. The van der Waals surface area contributed by atoms with Gasteiger partial charge in [-0.05, 0) is 23.4 Å². The minimum absolute atomic E-state index is 0.208. The average molecular weight is 406 g/mol. The lowest BCUT2D eigenvalue weighted by molar-refractivity contribution is -0.152. The zero-order valence-electron chi connectivity index (χ0n) is 18.0. The Morgan fingerprint density at radius 1 is 0.933 bits per heavy atom. The summed E-state index contributed by atoms with van der Waals surface area (Å²) in [6.45, 7) is 6.99. The summed E-state index contributed by atoms with van der Waals surface area (Å²) in [5, 5.41) is 5.54. The Balaban J connectivity index is 1.71. The highest BCUT2D eigenvalue weighted by molar-refractivity contribution is 5.88. The van der Waals surface area contributed by atoms with Crippen molar-refractivity contribution in [1.29, 1.82) is 0 Å². The Bertz CT molecular complexity index is 934. The molecule has 0 saturated heterocycles. The second-order valence-corrected chi connectivity index (χ2v) is 7.78. The van der Waals surface area contributed by atoms with Crippen LogP contribution in [0.4, 0.5) is 0 Å². The van der Waals surface area contributed by atoms with Crippen LogP contribution < -0.4 is 10.1 Å². The molecular formula is C26H31NO3. The van der Waals surface area contributed by atoms with E-state index in [4.69, 9.17) is 9.47 Å². The van der Waals surface area contributed by atoms with E-state index in [0.29, 0.717) is 25.6 Å². The molecule has 0 fully saturated rings. The number of carbonyl (C=O) groups excluding carboxylic acids is 1. The van der Waals surface area contributed by atoms with Gasteiger partial charge >= 0.3 is 5.97 Å². The van der Waals surface area contributed by atoms with E-state index < -0.39 is 0 Å². The van der Waals surface area contributed by atoms with Gasteiger partial charge in [0.1, 0.15) is 18.5 Å². The van der Waals surface area contributed by atoms with E-state index in [1.54, 1.807) is 0 Å². The van der Waals surface area contributed by atoms with Crippen LogP contribution in [0.3, 0.4) is 0 Å². The van der Waals surface area contributed by atoms with Gasteiger partial charge < -0.3 is 14.8 Å². The third kappa shape index (κ3) is 5.83. The summed E-state index contributed by atoms with van der Waals surface area (Å²) >= 11 is 0. The molecule has 158 valence electrons. The van der Waals surface area contributed by atoms with Crippen LogP contribution in [0.15, 0.2) is 72.8 Å². The van der Waals surface area contributed by atoms with Crippen LogP contribution in [-0.4, -0.2) is 31.3 Å². The van der Waals surface area contributed by atoms with E-state index in [9.17, 15) is 4.79 Å². The number of hydrogen-bond donors (Lipinski definition) is 1. The largest absolute Gasteiger partial charge is 0.489 e. The van der Waals surface area contributed by atoms with E-state index in [-0.39, 0.29) is 18.0 Å². The second-order valence-electron chi connectivity index (χ2n) is 7.78. The summed E-state index contributed by atoms with van der Waals surface area (Å²) < 4.78 is 12.0. The van der Waals surface area contributed by atoms with Gasteiger partial charge in [0.2, 0.25) is 0 Å². The maximum Gasteiger partial charge on any atom is 0.313 e. The molecule has 0 aliphatic heterocycles. The molecule has 0 radical (unpaired) electrons. The van der Waals surface area contributed by atoms with Crippen molar-refractivity contribution in [2.75, 3.05) is 13.2 Å². The summed E-state index contributed by atoms with van der Waals surface area (Å²) in [4.78, 5) is 12.9. The molecule has 0 aliphatic rings. The van der Waals surface area contributed by atoms with Gasteiger partial charge in [-0.15, -0.1) is 0 Å². The zero-order valence-corrected chi connectivity index (χ0v) is 18.0. The molecule has 2 atom stereocenters. The van der Waals surface area contributed by atoms with Crippen molar-refractivity contribution in [3.63, 3.8) is 0 Å². The van der Waals surface area contributed by atoms with E-state index in [2.05, 4.69) is 31.3 Å². The second kappa shape index (κ2) is 10.8. The Morgan fingerprint density at radius 2 is 1.63 bits per heavy atom. The highest BCUT2D eigenvalue weighted by Crippen LogP contribution is 2.26. The molecule has 0 bridgehead atoms. The maximum atomic E-state index is 12.9. The third-order valence-electron chi connectivity index (χ3n) is 5.11. The standard InChI is InChI=1S/C26H31NO3/c1-4-23(20-11-6-5-7-12-20)26(28)30-22(17-27-19(2)3)18-29-25-16-10-14-21-13-8-9-15-24(21)25/h5-16,19,22-23,27H,4,17-18H2,1-3H3/t22-,23-/m1/s1. The minimum atomic E-state index is -0.378. The first-order valence-corrected chi connectivity index (χ1v) is 10.7. The van der Waals surface area contributed by atoms with Crippen molar-refractivity contribution in [2.45, 2.75) is 45.3 Å². The first-order valence-electron chi connectivity index (χ1n) is 10.7. The summed E-state index contributed by atoms with van der Waals surface area (Å²) in [7, 11) is 0. The van der Waals surface area contributed by atoms with Crippen LogP contribution in [0.25, 0.3) is 10.8 Å². The summed E-state index contributed by atoms with van der Waals surface area (Å²) in [6, 6.07) is 24.2. The lowest BCUT2D eigenvalue weighted by Gasteiger charge is -2.23. The SMILES string of the molecule is CC[C@@H](C(=O)O[C@H](CNC(C)C)COc1cccc2ccccc12)c1ccccc1. The van der Waals surface area contributed by atoms with Gasteiger partial charge in [-0.2, -0.15) is 0 Å². The minimum Gasteiger partial charge on any atom is -0.489 e. The lowest BCUT2D eigenvalue weighted by atomic mass is 9.97.